The lowest BCUT2D eigenvalue weighted by Crippen LogP contribution is -2.47. The topological polar surface area (TPSA) is 74.4 Å². The summed E-state index contributed by atoms with van der Waals surface area (Å²) in [7, 11) is 1.58. The molecule has 2 N–H and O–H groups in total. The van der Waals surface area contributed by atoms with Crippen LogP contribution in [-0.4, -0.2) is 42.0 Å². The number of nitrogens with one attached hydrogen (secondary N) is 2. The molecule has 1 aliphatic rings. The van der Waals surface area contributed by atoms with Gasteiger partial charge in [0.2, 0.25) is 5.91 Å². The fourth-order valence-electron chi connectivity index (χ4n) is 4.89. The molecule has 0 fully saturated rings. The van der Waals surface area contributed by atoms with Crippen LogP contribution in [0.25, 0.3) is 10.9 Å². The first-order valence-electron chi connectivity index (χ1n) is 11.5. The molecule has 0 saturated heterocycles. The zero-order valence-corrected chi connectivity index (χ0v) is 19.5. The molecule has 2 amide bonds. The summed E-state index contributed by atoms with van der Waals surface area (Å²) < 4.78 is 19.5. The van der Waals surface area contributed by atoms with E-state index in [0.717, 1.165) is 16.5 Å². The normalized spacial score (nSPS) is 17.5. The van der Waals surface area contributed by atoms with Gasteiger partial charge in [-0.05, 0) is 42.3 Å². The number of rotatable bonds is 6. The minimum absolute atomic E-state index is 0.154. The van der Waals surface area contributed by atoms with Gasteiger partial charge in [-0.15, -0.1) is 0 Å². The average molecular weight is 472 g/mol. The summed E-state index contributed by atoms with van der Waals surface area (Å²) in [6, 6.07) is 19.0. The molecule has 4 aromatic rings. The maximum absolute atomic E-state index is 14.2. The van der Waals surface area contributed by atoms with E-state index >= 15 is 0 Å². The van der Waals surface area contributed by atoms with E-state index in [9.17, 15) is 14.0 Å². The Hall–Kier alpha value is -3.97. The monoisotopic (exact) mass is 471 g/mol. The highest BCUT2D eigenvalue weighted by Crippen LogP contribution is 2.45. The summed E-state index contributed by atoms with van der Waals surface area (Å²) in [5, 5.41) is 3.83. The van der Waals surface area contributed by atoms with Crippen LogP contribution in [0.15, 0.2) is 72.9 Å². The van der Waals surface area contributed by atoms with Gasteiger partial charge >= 0.3 is 0 Å². The summed E-state index contributed by atoms with van der Waals surface area (Å²) in [4.78, 5) is 32.5. The van der Waals surface area contributed by atoms with Gasteiger partial charge in [0.25, 0.3) is 5.91 Å². The Bertz CT molecular complexity index is 1410. The van der Waals surface area contributed by atoms with Crippen LogP contribution in [0.1, 0.15) is 39.0 Å². The number of para-hydroxylation sites is 1. The van der Waals surface area contributed by atoms with Gasteiger partial charge in [0.05, 0.1) is 18.6 Å². The van der Waals surface area contributed by atoms with Gasteiger partial charge < -0.3 is 19.9 Å². The summed E-state index contributed by atoms with van der Waals surface area (Å²) in [6.07, 6.45) is 1.86. The molecule has 0 saturated carbocycles. The largest absolute Gasteiger partial charge is 0.383 e. The van der Waals surface area contributed by atoms with Crippen molar-refractivity contribution in [3.8, 4) is 0 Å². The van der Waals surface area contributed by atoms with E-state index in [-0.39, 0.29) is 11.8 Å². The predicted octanol–water partition coefficient (Wildman–Crippen LogP) is 5.18. The van der Waals surface area contributed by atoms with E-state index in [2.05, 4.69) is 10.3 Å². The van der Waals surface area contributed by atoms with Crippen LogP contribution in [0.4, 0.5) is 10.1 Å². The Morgan fingerprint density at radius 3 is 2.66 bits per heavy atom. The maximum Gasteiger partial charge on any atom is 0.254 e. The lowest BCUT2D eigenvalue weighted by Gasteiger charge is -2.41. The van der Waals surface area contributed by atoms with Gasteiger partial charge in [0.1, 0.15) is 5.82 Å². The van der Waals surface area contributed by atoms with Gasteiger partial charge in [0.15, 0.2) is 0 Å². The summed E-state index contributed by atoms with van der Waals surface area (Å²) in [6.45, 7) is 2.31. The number of ether oxygens (including phenoxy) is 1. The van der Waals surface area contributed by atoms with Crippen molar-refractivity contribution in [1.29, 1.82) is 0 Å². The number of aromatic nitrogens is 1. The van der Waals surface area contributed by atoms with Gasteiger partial charge in [-0.1, -0.05) is 42.5 Å². The highest BCUT2D eigenvalue weighted by Gasteiger charge is 2.44. The molecule has 0 bridgehead atoms. The third-order valence-electron chi connectivity index (χ3n) is 6.64. The number of H-pyrrole nitrogens is 1. The van der Waals surface area contributed by atoms with Crippen molar-refractivity contribution >= 4 is 28.4 Å². The van der Waals surface area contributed by atoms with Gasteiger partial charge in [-0.2, -0.15) is 0 Å². The van der Waals surface area contributed by atoms with Crippen LogP contribution in [0.3, 0.4) is 0 Å². The van der Waals surface area contributed by atoms with Crippen LogP contribution in [0, 0.1) is 12.7 Å². The summed E-state index contributed by atoms with van der Waals surface area (Å²) in [5.74, 6) is -1.58. The van der Waals surface area contributed by atoms with Crippen molar-refractivity contribution in [1.82, 2.24) is 9.88 Å². The molecule has 7 heteroatoms. The predicted molar refractivity (Wildman–Crippen MR) is 133 cm³/mol. The lowest BCUT2D eigenvalue weighted by atomic mass is 9.79. The Balaban J connectivity index is 1.66. The van der Waals surface area contributed by atoms with Crippen molar-refractivity contribution in [2.75, 3.05) is 25.6 Å². The van der Waals surface area contributed by atoms with Crippen molar-refractivity contribution in [3.05, 3.63) is 101 Å². The highest BCUT2D eigenvalue weighted by atomic mass is 19.1. The minimum atomic E-state index is -0.718. The van der Waals surface area contributed by atoms with E-state index in [1.807, 2.05) is 42.6 Å². The molecule has 35 heavy (non-hydrogen) atoms. The molecule has 1 aliphatic heterocycles. The minimum Gasteiger partial charge on any atom is -0.383 e. The van der Waals surface area contributed by atoms with Crippen molar-refractivity contribution in [2.45, 2.75) is 18.9 Å². The van der Waals surface area contributed by atoms with Gasteiger partial charge in [-0.3, -0.25) is 9.59 Å². The number of hydrogen-bond donors (Lipinski definition) is 2. The molecule has 0 radical (unpaired) electrons. The van der Waals surface area contributed by atoms with Gasteiger partial charge in [-0.25, -0.2) is 4.39 Å². The number of hydrogen-bond acceptors (Lipinski definition) is 3. The molecular weight excluding hydrogens is 445 g/mol. The second-order valence-electron chi connectivity index (χ2n) is 8.74. The molecule has 2 atom stereocenters. The molecule has 0 aliphatic carbocycles. The number of anilines is 1. The average Bonchev–Trinajstić information content (AvgIpc) is 3.29. The zero-order valence-electron chi connectivity index (χ0n) is 19.5. The third kappa shape index (κ3) is 4.08. The van der Waals surface area contributed by atoms with Crippen LogP contribution in [0.5, 0.6) is 0 Å². The van der Waals surface area contributed by atoms with Crippen molar-refractivity contribution in [3.63, 3.8) is 0 Å². The Labute approximate surface area is 202 Å². The molecule has 2 heterocycles. The van der Waals surface area contributed by atoms with Crippen molar-refractivity contribution in [2.24, 2.45) is 0 Å². The van der Waals surface area contributed by atoms with E-state index in [1.54, 1.807) is 43.2 Å². The number of fused-ring (bicyclic) bond motifs is 2. The van der Waals surface area contributed by atoms with Crippen molar-refractivity contribution < 1.29 is 18.7 Å². The molecule has 2 unspecified atom stereocenters. The Morgan fingerprint density at radius 2 is 1.86 bits per heavy atom. The number of aryl methyl sites for hydroxylation is 1. The Morgan fingerprint density at radius 1 is 1.09 bits per heavy atom. The van der Waals surface area contributed by atoms with Crippen LogP contribution in [-0.2, 0) is 9.53 Å². The molecule has 1 aromatic heterocycles. The van der Waals surface area contributed by atoms with Crippen LogP contribution < -0.4 is 5.32 Å². The zero-order chi connectivity index (χ0) is 24.5. The molecule has 3 aromatic carbocycles. The van der Waals surface area contributed by atoms with Gasteiger partial charge in [0, 0.05) is 47.6 Å². The summed E-state index contributed by atoms with van der Waals surface area (Å²) in [5.41, 5.74) is 3.75. The number of methoxy groups -OCH3 is 1. The van der Waals surface area contributed by atoms with E-state index in [0.29, 0.717) is 35.5 Å². The van der Waals surface area contributed by atoms with Crippen LogP contribution in [0.2, 0.25) is 0 Å². The second-order valence-corrected chi connectivity index (χ2v) is 8.74. The fourth-order valence-corrected chi connectivity index (χ4v) is 4.89. The van der Waals surface area contributed by atoms with E-state index < -0.39 is 17.8 Å². The highest BCUT2D eigenvalue weighted by molar-refractivity contribution is 6.05. The first-order chi connectivity index (χ1) is 17.0. The second kappa shape index (κ2) is 9.35. The number of benzene rings is 3. The quantitative estimate of drug-likeness (QED) is 0.407. The standard InChI is InChI=1S/C28H26FN3O3/c1-17-11-12-18(15-23(17)29)31-27(33)25-20-8-3-4-9-21(20)28(34)32(13-14-35-2)26(25)22-16-30-24-10-6-5-7-19(22)24/h3-12,15-16,25-26,30H,13-14H2,1-2H3,(H,31,33). The lowest BCUT2D eigenvalue weighted by molar-refractivity contribution is -0.119. The molecule has 6 nitrogen and oxygen atoms in total. The fraction of sp³-hybridized carbons (Fsp3) is 0.214. The Kier molecular flexibility index (Phi) is 6.09. The number of aromatic amines is 1. The molecular formula is C28H26FN3O3. The maximum atomic E-state index is 14.2. The first kappa shape index (κ1) is 22.8. The van der Waals surface area contributed by atoms with Crippen LogP contribution >= 0.6 is 0 Å². The number of nitrogens with zero attached hydrogens (tertiary/aromatic N) is 1. The van der Waals surface area contributed by atoms with E-state index in [4.69, 9.17) is 4.74 Å². The smallest absolute Gasteiger partial charge is 0.254 e. The third-order valence-corrected chi connectivity index (χ3v) is 6.64. The number of halogens is 1. The first-order valence-corrected chi connectivity index (χ1v) is 11.5. The number of carbonyl (C=O) groups excluding carboxylic acids is 2. The number of carbonyl (C=O) groups is 2. The summed E-state index contributed by atoms with van der Waals surface area (Å²) >= 11 is 0. The SMILES string of the molecule is COCCN1C(=O)c2ccccc2C(C(=O)Nc2ccc(C)c(F)c2)C1c1c[nH]c2ccccc12. The van der Waals surface area contributed by atoms with E-state index in [1.165, 1.54) is 6.07 Å². The number of amides is 2. The molecule has 178 valence electrons. The molecule has 5 rings (SSSR count). The molecule has 0 spiro atoms.